The molecule has 0 amide bonds. The summed E-state index contributed by atoms with van der Waals surface area (Å²) in [5.74, 6) is 0. The van der Waals surface area contributed by atoms with E-state index in [9.17, 15) is 0 Å². The summed E-state index contributed by atoms with van der Waals surface area (Å²) in [5, 5.41) is 5.67. The summed E-state index contributed by atoms with van der Waals surface area (Å²) >= 11 is 0. The van der Waals surface area contributed by atoms with Gasteiger partial charge in [-0.15, -0.1) is 5.19 Å². The standard InChI is InChI=1S/C51H43Si.3ClH.Ti/c1-36-37(2)39(4)51(38(36)3)52(48-28-18-9-19-29-48,49-32-44(40-20-10-5-11-21-40)30-45(33-49)41-22-12-6-13-23-41)50-34-46(42-24-14-7-15-25-42)31-47(35-50)43-26-16-8-17-27-43;;;;/h5-35H,1-4H3;3*1H;/q-1;;;;+4/p-3. The van der Waals surface area contributed by atoms with E-state index in [0.717, 1.165) is 0 Å². The Hall–Kier alpha value is -4.31. The number of halogens is 3. The minimum absolute atomic E-state index is 0. The van der Waals surface area contributed by atoms with E-state index in [1.54, 1.807) is 0 Å². The predicted octanol–water partition coefficient (Wildman–Crippen LogP) is 1.69. The SMILES string of the molecule is Cc1c(C)c(C)[c-]([Si](c2ccccc2)(c2cc(-c3ccccc3)cc(-c3ccccc3)c2)c2cc(-c3ccccc3)cc(-c3ccccc3)c2)c1C.[Cl-].[Cl-].[Cl-].[Ti+4]. The summed E-state index contributed by atoms with van der Waals surface area (Å²) in [6.45, 7) is 9.37. The van der Waals surface area contributed by atoms with Crippen molar-refractivity contribution >= 4 is 28.8 Å². The van der Waals surface area contributed by atoms with Crippen molar-refractivity contribution in [2.24, 2.45) is 0 Å². The molecule has 5 heteroatoms. The molecule has 0 N–H and O–H groups in total. The van der Waals surface area contributed by atoms with Crippen LogP contribution < -0.4 is 58.0 Å². The molecule has 56 heavy (non-hydrogen) atoms. The molecule has 0 aliphatic heterocycles. The first-order valence-corrected chi connectivity index (χ1v) is 20.3. The molecule has 0 nitrogen and oxygen atoms in total. The Kier molecular flexibility index (Phi) is 15.2. The average Bonchev–Trinajstić information content (AvgIpc) is 3.41. The monoisotopic (exact) mass is 836 g/mol. The Bertz CT molecular complexity index is 2210. The van der Waals surface area contributed by atoms with Crippen LogP contribution in [-0.4, -0.2) is 8.07 Å². The Morgan fingerprint density at radius 2 is 0.554 bits per heavy atom. The molecule has 8 aromatic rings. The third-order valence-electron chi connectivity index (χ3n) is 11.2. The normalized spacial score (nSPS) is 10.6. The van der Waals surface area contributed by atoms with Gasteiger partial charge in [0, 0.05) is 0 Å². The van der Waals surface area contributed by atoms with Gasteiger partial charge in [-0.25, -0.2) is 0 Å². The summed E-state index contributed by atoms with van der Waals surface area (Å²) in [6, 6.07) is 69.9. The van der Waals surface area contributed by atoms with Crippen molar-refractivity contribution in [3.05, 3.63) is 210 Å². The first-order chi connectivity index (χ1) is 25.4. The van der Waals surface area contributed by atoms with E-state index in [4.69, 9.17) is 0 Å². The molecule has 8 rings (SSSR count). The van der Waals surface area contributed by atoms with Crippen LogP contribution in [0, 0.1) is 27.7 Å². The summed E-state index contributed by atoms with van der Waals surface area (Å²) < 4.78 is 0. The largest absolute Gasteiger partial charge is 4.00 e. The molecule has 0 heterocycles. The molecule has 0 unspecified atom stereocenters. The topological polar surface area (TPSA) is 0 Å². The first-order valence-electron chi connectivity index (χ1n) is 18.3. The third kappa shape index (κ3) is 8.22. The van der Waals surface area contributed by atoms with Crippen LogP contribution >= 0.6 is 0 Å². The predicted molar refractivity (Wildman–Crippen MR) is 226 cm³/mol. The molecule has 0 fully saturated rings. The van der Waals surface area contributed by atoms with Gasteiger partial charge in [-0.05, 0) is 56.6 Å². The molecule has 0 aliphatic rings. The van der Waals surface area contributed by atoms with E-state index in [-0.39, 0.29) is 58.9 Å². The van der Waals surface area contributed by atoms with Crippen molar-refractivity contribution < 1.29 is 58.9 Å². The van der Waals surface area contributed by atoms with Crippen molar-refractivity contribution in [2.45, 2.75) is 27.7 Å². The fourth-order valence-electron chi connectivity index (χ4n) is 8.28. The maximum atomic E-state index is 2.52. The fourth-order valence-corrected chi connectivity index (χ4v) is 13.8. The van der Waals surface area contributed by atoms with Crippen LogP contribution in [0.4, 0.5) is 0 Å². The van der Waals surface area contributed by atoms with Gasteiger partial charge in [0.1, 0.15) is 8.07 Å². The van der Waals surface area contributed by atoms with Gasteiger partial charge in [0.15, 0.2) is 0 Å². The van der Waals surface area contributed by atoms with Crippen LogP contribution in [0.1, 0.15) is 22.3 Å². The smallest absolute Gasteiger partial charge is 1.00 e. The first kappa shape index (κ1) is 44.4. The van der Waals surface area contributed by atoms with Gasteiger partial charge < -0.3 is 37.2 Å². The Balaban J connectivity index is 0.00000174. The van der Waals surface area contributed by atoms with Crippen LogP contribution in [0.3, 0.4) is 0 Å². The third-order valence-corrected chi connectivity index (χ3v) is 16.2. The van der Waals surface area contributed by atoms with Gasteiger partial charge in [-0.2, -0.15) is 22.3 Å². The zero-order valence-electron chi connectivity index (χ0n) is 32.0. The molecular formula is C51H43Cl3SiTi. The Labute approximate surface area is 367 Å². The Morgan fingerprint density at radius 1 is 0.304 bits per heavy atom. The summed E-state index contributed by atoms with van der Waals surface area (Å²) in [4.78, 5) is 0. The number of hydrogen-bond acceptors (Lipinski definition) is 0. The van der Waals surface area contributed by atoms with E-state index in [2.05, 4.69) is 216 Å². The average molecular weight is 838 g/mol. The van der Waals surface area contributed by atoms with Crippen molar-refractivity contribution in [3.8, 4) is 44.5 Å². The minimum Gasteiger partial charge on any atom is -1.00 e. The van der Waals surface area contributed by atoms with Gasteiger partial charge >= 0.3 is 21.7 Å². The van der Waals surface area contributed by atoms with Crippen molar-refractivity contribution in [2.75, 3.05) is 0 Å². The number of benzene rings is 7. The number of hydrogen-bond donors (Lipinski definition) is 0. The van der Waals surface area contributed by atoms with E-state index < -0.39 is 8.07 Å². The van der Waals surface area contributed by atoms with Crippen molar-refractivity contribution in [3.63, 3.8) is 0 Å². The van der Waals surface area contributed by atoms with Gasteiger partial charge in [0.05, 0.1) is 0 Å². The fraction of sp³-hybridized carbons (Fsp3) is 0.0784. The molecular weight excluding hydrogens is 795 g/mol. The molecule has 0 aromatic heterocycles. The molecule has 276 valence electrons. The number of rotatable bonds is 8. The van der Waals surface area contributed by atoms with Crippen molar-refractivity contribution in [1.29, 1.82) is 0 Å². The van der Waals surface area contributed by atoms with Gasteiger partial charge in [-0.1, -0.05) is 219 Å². The molecule has 0 saturated carbocycles. The van der Waals surface area contributed by atoms with E-state index in [0.29, 0.717) is 0 Å². The minimum atomic E-state index is -3.06. The van der Waals surface area contributed by atoms with Crippen LogP contribution in [0.5, 0.6) is 0 Å². The molecule has 0 atom stereocenters. The van der Waals surface area contributed by atoms with Crippen molar-refractivity contribution in [1.82, 2.24) is 0 Å². The second-order valence-electron chi connectivity index (χ2n) is 14.1. The zero-order chi connectivity index (χ0) is 35.7. The zero-order valence-corrected chi connectivity index (χ0v) is 36.9. The molecule has 0 saturated heterocycles. The van der Waals surface area contributed by atoms with Crippen LogP contribution in [0.25, 0.3) is 44.5 Å². The molecule has 0 radical (unpaired) electrons. The molecule has 0 aliphatic carbocycles. The summed E-state index contributed by atoms with van der Waals surface area (Å²) in [6.07, 6.45) is 0. The van der Waals surface area contributed by atoms with E-state index in [1.165, 1.54) is 87.5 Å². The van der Waals surface area contributed by atoms with Crippen LogP contribution in [-0.2, 0) is 21.7 Å². The maximum Gasteiger partial charge on any atom is 4.00 e. The van der Waals surface area contributed by atoms with E-state index in [1.807, 2.05) is 0 Å². The maximum absolute atomic E-state index is 3.06. The quantitative estimate of drug-likeness (QED) is 0.124. The summed E-state index contributed by atoms with van der Waals surface area (Å²) in [7, 11) is -3.06. The van der Waals surface area contributed by atoms with Crippen LogP contribution in [0.2, 0.25) is 0 Å². The van der Waals surface area contributed by atoms with Crippen LogP contribution in [0.15, 0.2) is 188 Å². The van der Waals surface area contributed by atoms with Gasteiger partial charge in [0.2, 0.25) is 0 Å². The van der Waals surface area contributed by atoms with Gasteiger partial charge in [0.25, 0.3) is 0 Å². The molecule has 0 spiro atoms. The molecule has 0 bridgehead atoms. The second kappa shape index (κ2) is 19.2. The summed E-state index contributed by atoms with van der Waals surface area (Å²) in [5.41, 5.74) is 15.5. The van der Waals surface area contributed by atoms with Gasteiger partial charge in [-0.3, -0.25) is 0 Å². The Morgan fingerprint density at radius 3 is 0.821 bits per heavy atom. The van der Waals surface area contributed by atoms with E-state index >= 15 is 0 Å². The second-order valence-corrected chi connectivity index (χ2v) is 17.8. The molecule has 8 aromatic carbocycles.